The fourth-order valence-corrected chi connectivity index (χ4v) is 6.14. The largest absolute Gasteiger partial charge is 0.301 e. The van der Waals surface area contributed by atoms with Gasteiger partial charge in [-0.3, -0.25) is 9.36 Å². The Morgan fingerprint density at radius 3 is 2.65 bits per heavy atom. The maximum atomic E-state index is 12.6. The summed E-state index contributed by atoms with van der Waals surface area (Å²) >= 11 is 4.60. The highest BCUT2D eigenvalue weighted by molar-refractivity contribution is 7.99. The van der Waals surface area contributed by atoms with Crippen LogP contribution in [0.1, 0.15) is 49.2 Å². The SMILES string of the molecule is CCCc1cc(-c2nnc(SCC(=O)Nc3nc(-c4ccc(C)c(C)c4)cs3)n2C(C)C)cs1. The molecule has 0 unspecified atom stereocenters. The highest BCUT2D eigenvalue weighted by Crippen LogP contribution is 2.31. The third-order valence-electron chi connectivity index (χ3n) is 5.47. The lowest BCUT2D eigenvalue weighted by atomic mass is 10.1. The first-order chi connectivity index (χ1) is 16.4. The number of nitrogens with zero attached hydrogens (tertiary/aromatic N) is 4. The number of hydrogen-bond donors (Lipinski definition) is 1. The van der Waals surface area contributed by atoms with Crippen LogP contribution < -0.4 is 5.32 Å². The van der Waals surface area contributed by atoms with Gasteiger partial charge in [0.25, 0.3) is 0 Å². The summed E-state index contributed by atoms with van der Waals surface area (Å²) in [6.45, 7) is 10.6. The van der Waals surface area contributed by atoms with Crippen LogP contribution in [0.2, 0.25) is 0 Å². The molecule has 0 saturated heterocycles. The van der Waals surface area contributed by atoms with E-state index in [4.69, 9.17) is 0 Å². The number of benzene rings is 1. The summed E-state index contributed by atoms with van der Waals surface area (Å²) in [5.74, 6) is 0.995. The molecule has 9 heteroatoms. The van der Waals surface area contributed by atoms with Gasteiger partial charge in [-0.15, -0.1) is 32.9 Å². The molecule has 0 saturated carbocycles. The van der Waals surface area contributed by atoms with Crippen molar-refractivity contribution in [2.24, 2.45) is 0 Å². The summed E-state index contributed by atoms with van der Waals surface area (Å²) < 4.78 is 2.11. The summed E-state index contributed by atoms with van der Waals surface area (Å²) in [4.78, 5) is 18.6. The second-order valence-electron chi connectivity index (χ2n) is 8.50. The van der Waals surface area contributed by atoms with Gasteiger partial charge in [0.05, 0.1) is 11.4 Å². The van der Waals surface area contributed by atoms with Gasteiger partial charge in [0.2, 0.25) is 5.91 Å². The first-order valence-electron chi connectivity index (χ1n) is 11.3. The molecule has 0 aliphatic heterocycles. The summed E-state index contributed by atoms with van der Waals surface area (Å²) in [7, 11) is 0. The smallest absolute Gasteiger partial charge is 0.236 e. The Bertz CT molecular complexity index is 1290. The normalized spacial score (nSPS) is 11.4. The van der Waals surface area contributed by atoms with Crippen molar-refractivity contribution in [2.75, 3.05) is 11.1 Å². The zero-order valence-corrected chi connectivity index (χ0v) is 22.5. The summed E-state index contributed by atoms with van der Waals surface area (Å²) in [5.41, 5.74) is 5.50. The Morgan fingerprint density at radius 2 is 1.91 bits per heavy atom. The molecule has 178 valence electrons. The van der Waals surface area contributed by atoms with Gasteiger partial charge in [-0.25, -0.2) is 4.98 Å². The van der Waals surface area contributed by atoms with Gasteiger partial charge in [-0.1, -0.05) is 37.2 Å². The standard InChI is InChI=1S/C25H29N5OS3/c1-6-7-20-11-19(12-32-20)23-28-29-25(30(23)15(2)3)34-14-22(31)27-24-26-21(13-33-24)18-9-8-16(4)17(5)10-18/h8-13,15H,6-7,14H2,1-5H3,(H,26,27,31). The Balaban J connectivity index is 1.41. The van der Waals surface area contributed by atoms with E-state index in [1.54, 1.807) is 11.3 Å². The fraction of sp³-hybridized carbons (Fsp3) is 0.360. The van der Waals surface area contributed by atoms with Crippen molar-refractivity contribution in [3.05, 3.63) is 51.0 Å². The summed E-state index contributed by atoms with van der Waals surface area (Å²) in [5, 5.41) is 17.2. The molecule has 34 heavy (non-hydrogen) atoms. The zero-order valence-electron chi connectivity index (χ0n) is 20.1. The molecule has 0 bridgehead atoms. The van der Waals surface area contributed by atoms with Crippen molar-refractivity contribution in [2.45, 2.75) is 58.7 Å². The van der Waals surface area contributed by atoms with Crippen LogP contribution in [-0.4, -0.2) is 31.4 Å². The van der Waals surface area contributed by atoms with Gasteiger partial charge in [0.15, 0.2) is 16.1 Å². The van der Waals surface area contributed by atoms with Crippen molar-refractivity contribution < 1.29 is 4.79 Å². The maximum absolute atomic E-state index is 12.6. The number of carbonyl (C=O) groups is 1. The lowest BCUT2D eigenvalue weighted by molar-refractivity contribution is -0.113. The van der Waals surface area contributed by atoms with Crippen LogP contribution >= 0.6 is 34.4 Å². The average Bonchev–Trinajstić information content (AvgIpc) is 3.54. The molecule has 0 spiro atoms. The van der Waals surface area contributed by atoms with Crippen molar-refractivity contribution >= 4 is 45.5 Å². The number of anilines is 1. The van der Waals surface area contributed by atoms with Crippen LogP contribution in [0.25, 0.3) is 22.6 Å². The molecule has 1 aromatic carbocycles. The quantitative estimate of drug-likeness (QED) is 0.245. The molecule has 0 aliphatic rings. The van der Waals surface area contributed by atoms with E-state index in [1.165, 1.54) is 39.1 Å². The van der Waals surface area contributed by atoms with E-state index in [0.29, 0.717) is 5.13 Å². The lowest BCUT2D eigenvalue weighted by Gasteiger charge is -2.13. The number of nitrogens with one attached hydrogen (secondary N) is 1. The molecule has 0 fully saturated rings. The van der Waals surface area contributed by atoms with Gasteiger partial charge in [-0.2, -0.15) is 0 Å². The topological polar surface area (TPSA) is 72.7 Å². The number of aryl methyl sites for hydroxylation is 3. The molecule has 4 rings (SSSR count). The molecule has 0 aliphatic carbocycles. The van der Waals surface area contributed by atoms with Gasteiger partial charge in [0.1, 0.15) is 0 Å². The van der Waals surface area contributed by atoms with Crippen molar-refractivity contribution in [1.82, 2.24) is 19.7 Å². The Labute approximate surface area is 212 Å². The Hall–Kier alpha value is -2.49. The van der Waals surface area contributed by atoms with E-state index in [9.17, 15) is 4.79 Å². The molecule has 3 heterocycles. The Morgan fingerprint density at radius 1 is 1.09 bits per heavy atom. The first kappa shape index (κ1) is 24.6. The number of thiazole rings is 1. The molecule has 3 aromatic heterocycles. The maximum Gasteiger partial charge on any atom is 0.236 e. The number of thiophene rings is 1. The second-order valence-corrected chi connectivity index (χ2v) is 11.3. The summed E-state index contributed by atoms with van der Waals surface area (Å²) in [6, 6.07) is 8.67. The van der Waals surface area contributed by atoms with Crippen molar-refractivity contribution in [1.29, 1.82) is 0 Å². The number of amides is 1. The van der Waals surface area contributed by atoms with E-state index >= 15 is 0 Å². The number of carbonyl (C=O) groups excluding carboxylic acids is 1. The minimum Gasteiger partial charge on any atom is -0.301 e. The molecule has 0 radical (unpaired) electrons. The number of hydrogen-bond acceptors (Lipinski definition) is 7. The van der Waals surface area contributed by atoms with Crippen molar-refractivity contribution in [3.8, 4) is 22.6 Å². The van der Waals surface area contributed by atoms with Crippen LogP contribution in [0, 0.1) is 13.8 Å². The molecule has 0 atom stereocenters. The highest BCUT2D eigenvalue weighted by Gasteiger charge is 2.19. The highest BCUT2D eigenvalue weighted by atomic mass is 32.2. The molecule has 4 aromatic rings. The third-order valence-corrected chi connectivity index (χ3v) is 8.17. The van der Waals surface area contributed by atoms with Crippen LogP contribution in [0.4, 0.5) is 5.13 Å². The molecular weight excluding hydrogens is 483 g/mol. The molecule has 1 amide bonds. The third kappa shape index (κ3) is 5.59. The number of aromatic nitrogens is 4. The van der Waals surface area contributed by atoms with Crippen LogP contribution in [0.5, 0.6) is 0 Å². The molecule has 6 nitrogen and oxygen atoms in total. The predicted molar refractivity (Wildman–Crippen MR) is 144 cm³/mol. The zero-order chi connectivity index (χ0) is 24.2. The minimum atomic E-state index is -0.105. The number of rotatable bonds is 9. The van der Waals surface area contributed by atoms with E-state index < -0.39 is 0 Å². The lowest BCUT2D eigenvalue weighted by Crippen LogP contribution is -2.15. The summed E-state index contributed by atoms with van der Waals surface area (Å²) in [6.07, 6.45) is 2.20. The van der Waals surface area contributed by atoms with Crippen LogP contribution in [-0.2, 0) is 11.2 Å². The van der Waals surface area contributed by atoms with E-state index in [-0.39, 0.29) is 17.7 Å². The van der Waals surface area contributed by atoms with E-state index in [1.807, 2.05) is 5.38 Å². The van der Waals surface area contributed by atoms with Crippen molar-refractivity contribution in [3.63, 3.8) is 0 Å². The Kier molecular flexibility index (Phi) is 7.85. The monoisotopic (exact) mass is 511 g/mol. The van der Waals surface area contributed by atoms with Gasteiger partial charge < -0.3 is 5.32 Å². The second kappa shape index (κ2) is 10.8. The van der Waals surface area contributed by atoms with Crippen LogP contribution in [0.3, 0.4) is 0 Å². The van der Waals surface area contributed by atoms with Gasteiger partial charge >= 0.3 is 0 Å². The van der Waals surface area contributed by atoms with E-state index in [2.05, 4.69) is 89.3 Å². The number of thioether (sulfide) groups is 1. The predicted octanol–water partition coefficient (Wildman–Crippen LogP) is 7.01. The van der Waals surface area contributed by atoms with Gasteiger partial charge in [0, 0.05) is 32.8 Å². The van der Waals surface area contributed by atoms with E-state index in [0.717, 1.165) is 40.6 Å². The molecule has 1 N–H and O–H groups in total. The molecular formula is C25H29N5OS3. The first-order valence-corrected chi connectivity index (χ1v) is 14.1. The fourth-order valence-electron chi connectivity index (χ4n) is 3.56. The minimum absolute atomic E-state index is 0.105. The average molecular weight is 512 g/mol. The van der Waals surface area contributed by atoms with Gasteiger partial charge in [-0.05, 0) is 57.4 Å². The van der Waals surface area contributed by atoms with Crippen LogP contribution in [0.15, 0.2) is 40.2 Å².